The van der Waals surface area contributed by atoms with Crippen molar-refractivity contribution in [2.75, 3.05) is 13.2 Å². The maximum atomic E-state index is 13.9. The summed E-state index contributed by atoms with van der Waals surface area (Å²) in [6.45, 7) is 6.00. The van der Waals surface area contributed by atoms with Gasteiger partial charge in [0, 0.05) is 0 Å². The number of hydrogen-bond acceptors (Lipinski definition) is 3. The molecule has 3 nitrogen and oxygen atoms in total. The summed E-state index contributed by atoms with van der Waals surface area (Å²) in [7, 11) is 0. The summed E-state index contributed by atoms with van der Waals surface area (Å²) in [5, 5.41) is 2.00. The van der Waals surface area contributed by atoms with Crippen LogP contribution >= 0.6 is 0 Å². The van der Waals surface area contributed by atoms with Crippen molar-refractivity contribution in [2.24, 2.45) is 0 Å². The van der Waals surface area contributed by atoms with E-state index in [1.165, 1.54) is 0 Å². The largest absolute Gasteiger partial charge is 0.494 e. The molecule has 0 aromatic heterocycles. The molecule has 0 aliphatic heterocycles. The molecule has 0 aliphatic carbocycles. The van der Waals surface area contributed by atoms with Crippen molar-refractivity contribution >= 4 is 16.7 Å². The Kier molecular flexibility index (Phi) is 10.0. The highest BCUT2D eigenvalue weighted by Gasteiger charge is 2.24. The van der Waals surface area contributed by atoms with Crippen LogP contribution in [-0.2, 0) is 9.53 Å². The third kappa shape index (κ3) is 7.26. The number of halogens is 2. The highest BCUT2D eigenvalue weighted by Crippen LogP contribution is 2.26. The molecule has 0 spiro atoms. The number of ether oxygens (including phenoxy) is 2. The van der Waals surface area contributed by atoms with Gasteiger partial charge in [-0.15, -0.1) is 0 Å². The maximum Gasteiger partial charge on any atom is 0.313 e. The third-order valence-corrected chi connectivity index (χ3v) is 5.32. The SMILES string of the molecule is CCCCC[C@@H](F)[C@H](F)COC(=O)[C@@H](C)c1ccc2cc(OCCCC)ccc2c1. The van der Waals surface area contributed by atoms with Crippen LogP contribution in [-0.4, -0.2) is 31.5 Å². The molecule has 2 aromatic rings. The number of fused-ring (bicyclic) bond motifs is 1. The van der Waals surface area contributed by atoms with E-state index in [1.807, 2.05) is 43.3 Å². The van der Waals surface area contributed by atoms with Gasteiger partial charge in [0.25, 0.3) is 0 Å². The number of unbranched alkanes of at least 4 members (excludes halogenated alkanes) is 3. The minimum Gasteiger partial charge on any atom is -0.494 e. The number of esters is 1. The fourth-order valence-corrected chi connectivity index (χ4v) is 3.23. The first kappa shape index (κ1) is 24.1. The summed E-state index contributed by atoms with van der Waals surface area (Å²) in [6.07, 6.45) is 1.36. The number of alkyl halides is 2. The molecular formula is C25H34F2O3. The number of carbonyl (C=O) groups is 1. The zero-order chi connectivity index (χ0) is 21.9. The van der Waals surface area contributed by atoms with Crippen molar-refractivity contribution in [3.8, 4) is 5.75 Å². The number of hydrogen-bond donors (Lipinski definition) is 0. The van der Waals surface area contributed by atoms with Gasteiger partial charge in [-0.2, -0.15) is 0 Å². The van der Waals surface area contributed by atoms with E-state index >= 15 is 0 Å². The lowest BCUT2D eigenvalue weighted by Gasteiger charge is -2.16. The van der Waals surface area contributed by atoms with Gasteiger partial charge in [-0.3, -0.25) is 4.79 Å². The summed E-state index contributed by atoms with van der Waals surface area (Å²) in [6, 6.07) is 11.6. The van der Waals surface area contributed by atoms with Crippen molar-refractivity contribution in [3.05, 3.63) is 42.0 Å². The van der Waals surface area contributed by atoms with Crippen LogP contribution in [0.2, 0.25) is 0 Å². The molecule has 2 rings (SSSR count). The predicted molar refractivity (Wildman–Crippen MR) is 118 cm³/mol. The van der Waals surface area contributed by atoms with E-state index in [4.69, 9.17) is 9.47 Å². The molecule has 0 N–H and O–H groups in total. The first-order valence-corrected chi connectivity index (χ1v) is 11.1. The molecule has 0 heterocycles. The molecule has 2 aromatic carbocycles. The van der Waals surface area contributed by atoms with Gasteiger partial charge in [0.1, 0.15) is 18.5 Å². The van der Waals surface area contributed by atoms with Gasteiger partial charge in [0.2, 0.25) is 0 Å². The van der Waals surface area contributed by atoms with Crippen LogP contribution in [0.3, 0.4) is 0 Å². The topological polar surface area (TPSA) is 35.5 Å². The first-order chi connectivity index (χ1) is 14.5. The Morgan fingerprint density at radius 3 is 2.37 bits per heavy atom. The van der Waals surface area contributed by atoms with Crippen molar-refractivity contribution in [1.82, 2.24) is 0 Å². The van der Waals surface area contributed by atoms with E-state index in [-0.39, 0.29) is 6.42 Å². The number of carbonyl (C=O) groups excluding carboxylic acids is 1. The highest BCUT2D eigenvalue weighted by atomic mass is 19.2. The highest BCUT2D eigenvalue weighted by molar-refractivity contribution is 5.86. The maximum absolute atomic E-state index is 13.9. The number of benzene rings is 2. The van der Waals surface area contributed by atoms with Gasteiger partial charge in [0.15, 0.2) is 6.17 Å². The summed E-state index contributed by atoms with van der Waals surface area (Å²) in [5.41, 5.74) is 0.780. The van der Waals surface area contributed by atoms with Gasteiger partial charge in [0.05, 0.1) is 12.5 Å². The average Bonchev–Trinajstić information content (AvgIpc) is 2.76. The lowest BCUT2D eigenvalue weighted by molar-refractivity contribution is -0.147. The molecule has 0 fully saturated rings. The van der Waals surface area contributed by atoms with Crippen LogP contribution in [0.1, 0.15) is 70.8 Å². The lowest BCUT2D eigenvalue weighted by Crippen LogP contribution is -2.26. The Balaban J connectivity index is 1.92. The molecule has 166 valence electrons. The molecule has 0 radical (unpaired) electrons. The van der Waals surface area contributed by atoms with Crippen LogP contribution in [0, 0.1) is 0 Å². The number of rotatable bonds is 13. The molecule has 0 bridgehead atoms. The fourth-order valence-electron chi connectivity index (χ4n) is 3.23. The molecule has 0 aliphatic rings. The minimum atomic E-state index is -1.78. The molecule has 0 saturated carbocycles. The smallest absolute Gasteiger partial charge is 0.313 e. The zero-order valence-electron chi connectivity index (χ0n) is 18.3. The summed E-state index contributed by atoms with van der Waals surface area (Å²) in [4.78, 5) is 12.3. The van der Waals surface area contributed by atoms with Crippen LogP contribution in [0.15, 0.2) is 36.4 Å². The quantitative estimate of drug-likeness (QED) is 0.261. The van der Waals surface area contributed by atoms with Crippen molar-refractivity contribution in [1.29, 1.82) is 0 Å². The second kappa shape index (κ2) is 12.5. The van der Waals surface area contributed by atoms with E-state index < -0.39 is 30.8 Å². The Morgan fingerprint density at radius 1 is 0.933 bits per heavy atom. The second-order valence-electron chi connectivity index (χ2n) is 7.85. The predicted octanol–water partition coefficient (Wildman–Crippen LogP) is 6.92. The Morgan fingerprint density at radius 2 is 1.63 bits per heavy atom. The molecule has 30 heavy (non-hydrogen) atoms. The van der Waals surface area contributed by atoms with Gasteiger partial charge >= 0.3 is 5.97 Å². The van der Waals surface area contributed by atoms with E-state index in [9.17, 15) is 13.6 Å². The average molecular weight is 421 g/mol. The van der Waals surface area contributed by atoms with Gasteiger partial charge < -0.3 is 9.47 Å². The first-order valence-electron chi connectivity index (χ1n) is 11.1. The molecule has 0 unspecified atom stereocenters. The van der Waals surface area contributed by atoms with E-state index in [1.54, 1.807) is 6.92 Å². The van der Waals surface area contributed by atoms with Gasteiger partial charge in [-0.25, -0.2) is 8.78 Å². The second-order valence-corrected chi connectivity index (χ2v) is 7.85. The zero-order valence-corrected chi connectivity index (χ0v) is 18.3. The van der Waals surface area contributed by atoms with Crippen LogP contribution in [0.4, 0.5) is 8.78 Å². The van der Waals surface area contributed by atoms with Crippen LogP contribution < -0.4 is 4.74 Å². The monoisotopic (exact) mass is 420 g/mol. The minimum absolute atomic E-state index is 0.164. The molecule has 0 amide bonds. The van der Waals surface area contributed by atoms with Crippen LogP contribution in [0.5, 0.6) is 5.75 Å². The van der Waals surface area contributed by atoms with Crippen molar-refractivity contribution in [3.63, 3.8) is 0 Å². The molecule has 0 saturated heterocycles. The van der Waals surface area contributed by atoms with E-state index in [2.05, 4.69) is 6.92 Å². The van der Waals surface area contributed by atoms with E-state index in [0.717, 1.165) is 47.8 Å². The van der Waals surface area contributed by atoms with Gasteiger partial charge in [-0.05, 0) is 48.2 Å². The lowest BCUT2D eigenvalue weighted by atomic mass is 9.98. The summed E-state index contributed by atoms with van der Waals surface area (Å²) < 4.78 is 38.6. The Bertz CT molecular complexity index is 793. The Labute approximate surface area is 178 Å². The molecular weight excluding hydrogens is 386 g/mol. The van der Waals surface area contributed by atoms with E-state index in [0.29, 0.717) is 13.0 Å². The van der Waals surface area contributed by atoms with Crippen molar-refractivity contribution < 1.29 is 23.0 Å². The Hall–Kier alpha value is -2.17. The summed E-state index contributed by atoms with van der Waals surface area (Å²) >= 11 is 0. The standard InChI is InChI=1S/C25H34F2O3/c1-4-6-8-9-23(26)24(27)17-30-25(28)18(3)19-10-11-21-16-22(29-14-7-5-2)13-12-20(21)15-19/h10-13,15-16,18,23-24H,4-9,14,17H2,1-3H3/t18-,23+,24+/m0/s1. The third-order valence-electron chi connectivity index (χ3n) is 5.32. The normalized spacial score (nSPS) is 14.3. The molecule has 3 atom stereocenters. The van der Waals surface area contributed by atoms with Gasteiger partial charge in [-0.1, -0.05) is 63.8 Å². The van der Waals surface area contributed by atoms with Crippen LogP contribution in [0.25, 0.3) is 10.8 Å². The van der Waals surface area contributed by atoms with Crippen molar-refractivity contribution in [2.45, 2.75) is 77.6 Å². The summed E-state index contributed by atoms with van der Waals surface area (Å²) in [5.74, 6) is -0.276. The fraction of sp³-hybridized carbons (Fsp3) is 0.560. The molecule has 5 heteroatoms.